The maximum Gasteiger partial charge on any atom is 0.472 e. The Morgan fingerprint density at radius 1 is 0.574 bits per heavy atom. The van der Waals surface area contributed by atoms with Crippen molar-refractivity contribution in [3.8, 4) is 0 Å². The molecule has 1 N–H and O–H groups in total. The SMILES string of the molecule is CCCCC/C=C\C/C=C\C/C=C\C/C=C\CCCC(=O)OC[C@H](COP(=O)(O)OCC[N+](C)(C)C)OC(=O)CCCCCCC/C=C\CCCCCC. The first-order valence-electron chi connectivity index (χ1n) is 21.0. The predicted molar refractivity (Wildman–Crippen MR) is 224 cm³/mol. The summed E-state index contributed by atoms with van der Waals surface area (Å²) < 4.78 is 34.2. The van der Waals surface area contributed by atoms with E-state index in [0.717, 1.165) is 57.8 Å². The fourth-order valence-corrected chi connectivity index (χ4v) is 5.92. The molecule has 0 aromatic heterocycles. The summed E-state index contributed by atoms with van der Waals surface area (Å²) in [6.07, 6.45) is 42.7. The van der Waals surface area contributed by atoms with Gasteiger partial charge < -0.3 is 18.9 Å². The number of nitrogens with zero attached hydrogens (tertiary/aromatic N) is 1. The number of hydrogen-bond donors (Lipinski definition) is 1. The van der Waals surface area contributed by atoms with E-state index in [1.807, 2.05) is 21.1 Å². The van der Waals surface area contributed by atoms with E-state index in [4.69, 9.17) is 18.5 Å². The van der Waals surface area contributed by atoms with Crippen LogP contribution in [0.15, 0.2) is 60.8 Å². The third-order valence-electron chi connectivity index (χ3n) is 8.52. The summed E-state index contributed by atoms with van der Waals surface area (Å²) in [6.45, 7) is 4.28. The van der Waals surface area contributed by atoms with Crippen LogP contribution in [0.4, 0.5) is 0 Å². The van der Waals surface area contributed by atoms with Gasteiger partial charge in [0, 0.05) is 12.8 Å². The first kappa shape index (κ1) is 51.7. The second-order valence-corrected chi connectivity index (χ2v) is 16.5. The zero-order valence-electron chi connectivity index (χ0n) is 34.9. The molecule has 0 aromatic carbocycles. The average Bonchev–Trinajstić information content (AvgIpc) is 3.12. The van der Waals surface area contributed by atoms with Gasteiger partial charge in [0.05, 0.1) is 27.7 Å². The maximum atomic E-state index is 12.6. The maximum absolute atomic E-state index is 12.6. The van der Waals surface area contributed by atoms with Crippen molar-refractivity contribution in [2.24, 2.45) is 0 Å². The normalized spacial score (nSPS) is 14.3. The van der Waals surface area contributed by atoms with Gasteiger partial charge in [0.2, 0.25) is 0 Å². The van der Waals surface area contributed by atoms with Crippen LogP contribution >= 0.6 is 7.82 Å². The van der Waals surface area contributed by atoms with Gasteiger partial charge in [-0.15, -0.1) is 0 Å². The Balaban J connectivity index is 4.50. The standard InChI is InChI=1S/C44H78NO8P/c1-6-8-10-12-14-16-18-20-21-22-23-25-26-28-30-32-34-36-43(46)50-40-42(41-52-54(48,49)51-39-38-45(3,4)5)53-44(47)37-35-33-31-29-27-24-19-17-15-13-11-9-7-2/h14,16-17,19-21,23,25,28,30,42H,6-13,15,18,22,24,26-27,29,31-41H2,1-5H3/p+1/b16-14-,19-17-,21-20-,25-23-,30-28-/t42-/m1/s1. The van der Waals surface area contributed by atoms with Crippen molar-refractivity contribution in [1.82, 2.24) is 0 Å². The van der Waals surface area contributed by atoms with Crippen LogP contribution < -0.4 is 0 Å². The minimum atomic E-state index is -4.39. The average molecular weight is 781 g/mol. The lowest BCUT2D eigenvalue weighted by Gasteiger charge is -2.24. The summed E-state index contributed by atoms with van der Waals surface area (Å²) >= 11 is 0. The van der Waals surface area contributed by atoms with Crippen LogP contribution in [-0.4, -0.2) is 74.9 Å². The van der Waals surface area contributed by atoms with Gasteiger partial charge >= 0.3 is 19.8 Å². The molecule has 0 amide bonds. The molecule has 0 spiro atoms. The van der Waals surface area contributed by atoms with E-state index < -0.39 is 32.5 Å². The summed E-state index contributed by atoms with van der Waals surface area (Å²) in [5.74, 6) is -0.880. The molecule has 0 aliphatic heterocycles. The molecule has 54 heavy (non-hydrogen) atoms. The number of rotatable bonds is 37. The van der Waals surface area contributed by atoms with Crippen LogP contribution in [0.25, 0.3) is 0 Å². The minimum absolute atomic E-state index is 0.0193. The van der Waals surface area contributed by atoms with Crippen molar-refractivity contribution in [2.45, 2.75) is 161 Å². The molecular weight excluding hydrogens is 701 g/mol. The lowest BCUT2D eigenvalue weighted by molar-refractivity contribution is -0.870. The van der Waals surface area contributed by atoms with Gasteiger partial charge in [0.15, 0.2) is 6.10 Å². The largest absolute Gasteiger partial charge is 0.472 e. The Hall–Kier alpha value is -2.29. The zero-order chi connectivity index (χ0) is 40.0. The molecule has 2 atom stereocenters. The van der Waals surface area contributed by atoms with Crippen molar-refractivity contribution >= 4 is 19.8 Å². The van der Waals surface area contributed by atoms with Crippen molar-refractivity contribution in [3.05, 3.63) is 60.8 Å². The number of ether oxygens (including phenoxy) is 2. The summed E-state index contributed by atoms with van der Waals surface area (Å²) in [5, 5.41) is 0. The highest BCUT2D eigenvalue weighted by Gasteiger charge is 2.27. The third kappa shape index (κ3) is 39.4. The predicted octanol–water partition coefficient (Wildman–Crippen LogP) is 11.7. The van der Waals surface area contributed by atoms with Crippen LogP contribution in [-0.2, 0) is 32.7 Å². The summed E-state index contributed by atoms with van der Waals surface area (Å²) in [6, 6.07) is 0. The second kappa shape index (κ2) is 36.4. The molecule has 0 aliphatic carbocycles. The lowest BCUT2D eigenvalue weighted by atomic mass is 10.1. The highest BCUT2D eigenvalue weighted by molar-refractivity contribution is 7.47. The fourth-order valence-electron chi connectivity index (χ4n) is 5.18. The fraction of sp³-hybridized carbons (Fsp3) is 0.727. The molecule has 0 fully saturated rings. The molecule has 0 radical (unpaired) electrons. The summed E-state index contributed by atoms with van der Waals surface area (Å²) in [4.78, 5) is 35.3. The molecule has 0 aliphatic rings. The van der Waals surface area contributed by atoms with Crippen LogP contribution in [0.3, 0.4) is 0 Å². The monoisotopic (exact) mass is 781 g/mol. The second-order valence-electron chi connectivity index (χ2n) is 15.0. The number of carbonyl (C=O) groups excluding carboxylic acids is 2. The van der Waals surface area contributed by atoms with Gasteiger partial charge in [-0.1, -0.05) is 126 Å². The Morgan fingerprint density at radius 3 is 1.59 bits per heavy atom. The molecule has 0 saturated heterocycles. The van der Waals surface area contributed by atoms with Crippen molar-refractivity contribution < 1.29 is 42.1 Å². The van der Waals surface area contributed by atoms with E-state index >= 15 is 0 Å². The van der Waals surface area contributed by atoms with E-state index in [0.29, 0.717) is 23.9 Å². The minimum Gasteiger partial charge on any atom is -0.462 e. The Bertz CT molecular complexity index is 1110. The number of likely N-dealkylation sites (N-methyl/N-ethyl adjacent to an activating group) is 1. The third-order valence-corrected chi connectivity index (χ3v) is 9.50. The molecule has 0 rings (SSSR count). The molecular formula is C44H79NO8P+. The van der Waals surface area contributed by atoms with Crippen LogP contribution in [0.2, 0.25) is 0 Å². The Kier molecular flexibility index (Phi) is 34.8. The number of unbranched alkanes of at least 4 members (excludes halogenated alkanes) is 13. The molecule has 0 aromatic rings. The van der Waals surface area contributed by atoms with E-state index in [2.05, 4.69) is 74.6 Å². The molecule has 0 saturated carbocycles. The molecule has 0 heterocycles. The number of esters is 2. The number of quaternary nitrogens is 1. The molecule has 0 bridgehead atoms. The number of carbonyl (C=O) groups is 2. The topological polar surface area (TPSA) is 108 Å². The first-order valence-corrected chi connectivity index (χ1v) is 22.5. The van der Waals surface area contributed by atoms with Crippen molar-refractivity contribution in [3.63, 3.8) is 0 Å². The van der Waals surface area contributed by atoms with Gasteiger partial charge in [0.1, 0.15) is 19.8 Å². The number of hydrogen-bond acceptors (Lipinski definition) is 7. The van der Waals surface area contributed by atoms with Gasteiger partial charge in [-0.25, -0.2) is 4.57 Å². The Labute approximate surface area is 330 Å². The summed E-state index contributed by atoms with van der Waals surface area (Å²) in [5.41, 5.74) is 0. The van der Waals surface area contributed by atoms with Crippen molar-refractivity contribution in [1.29, 1.82) is 0 Å². The van der Waals surface area contributed by atoms with Crippen LogP contribution in [0.1, 0.15) is 155 Å². The number of phosphoric acid groups is 1. The van der Waals surface area contributed by atoms with E-state index in [1.54, 1.807) is 0 Å². The first-order chi connectivity index (χ1) is 26.0. The molecule has 9 nitrogen and oxygen atoms in total. The molecule has 1 unspecified atom stereocenters. The highest BCUT2D eigenvalue weighted by Crippen LogP contribution is 2.43. The number of phosphoric ester groups is 1. The smallest absolute Gasteiger partial charge is 0.462 e. The quantitative estimate of drug-likeness (QED) is 0.0218. The van der Waals surface area contributed by atoms with Crippen LogP contribution in [0.5, 0.6) is 0 Å². The van der Waals surface area contributed by atoms with E-state index in [9.17, 15) is 19.0 Å². The number of allylic oxidation sites excluding steroid dienone is 10. The summed E-state index contributed by atoms with van der Waals surface area (Å²) in [7, 11) is 1.43. The van der Waals surface area contributed by atoms with Gasteiger partial charge in [-0.2, -0.15) is 0 Å². The Morgan fingerprint density at radius 2 is 1.02 bits per heavy atom. The highest BCUT2D eigenvalue weighted by atomic mass is 31.2. The van der Waals surface area contributed by atoms with Gasteiger partial charge in [-0.3, -0.25) is 18.6 Å². The van der Waals surface area contributed by atoms with Crippen molar-refractivity contribution in [2.75, 3.05) is 47.5 Å². The zero-order valence-corrected chi connectivity index (χ0v) is 35.8. The molecule has 10 heteroatoms. The van der Waals surface area contributed by atoms with E-state index in [-0.39, 0.29) is 26.1 Å². The molecule has 312 valence electrons. The van der Waals surface area contributed by atoms with E-state index in [1.165, 1.54) is 57.8 Å². The van der Waals surface area contributed by atoms with Gasteiger partial charge in [-0.05, 0) is 77.0 Å². The van der Waals surface area contributed by atoms with Crippen LogP contribution in [0, 0.1) is 0 Å². The lowest BCUT2D eigenvalue weighted by Crippen LogP contribution is -2.37. The van der Waals surface area contributed by atoms with Gasteiger partial charge in [0.25, 0.3) is 0 Å².